The fourth-order valence-electron chi connectivity index (χ4n) is 5.45. The highest BCUT2D eigenvalue weighted by molar-refractivity contribution is 7.99. The fraction of sp³-hybridized carbons (Fsp3) is 0.108. The number of rotatable bonds is 8. The number of furan rings is 1. The van der Waals surface area contributed by atoms with E-state index in [0.29, 0.717) is 27.2 Å². The number of fused-ring (bicyclic) bond motifs is 1. The van der Waals surface area contributed by atoms with Crippen molar-refractivity contribution in [3.63, 3.8) is 0 Å². The summed E-state index contributed by atoms with van der Waals surface area (Å²) in [7, 11) is 0. The minimum atomic E-state index is -4.69. The lowest BCUT2D eigenvalue weighted by Gasteiger charge is -2.25. The van der Waals surface area contributed by atoms with Crippen LogP contribution in [0.25, 0.3) is 23.0 Å². The molecule has 8 nitrogen and oxygen atoms in total. The number of ether oxygens (including phenoxy) is 1. The van der Waals surface area contributed by atoms with E-state index in [1.807, 2.05) is 60.7 Å². The average Bonchev–Trinajstić information content (AvgIpc) is 3.70. The van der Waals surface area contributed by atoms with Crippen molar-refractivity contribution in [2.24, 2.45) is 4.99 Å². The Morgan fingerprint density at radius 1 is 0.940 bits per heavy atom. The van der Waals surface area contributed by atoms with Crippen LogP contribution in [0.3, 0.4) is 0 Å². The molecule has 0 unspecified atom stereocenters. The number of thiazole rings is 1. The Morgan fingerprint density at radius 2 is 1.60 bits per heavy atom. The second-order valence-electron chi connectivity index (χ2n) is 10.9. The van der Waals surface area contributed by atoms with E-state index in [0.717, 1.165) is 29.2 Å². The molecule has 0 radical (unpaired) electrons. The third kappa shape index (κ3) is 6.69. The number of carbonyl (C=O) groups excluding carboxylic acids is 1. The van der Waals surface area contributed by atoms with Crippen molar-refractivity contribution in [3.05, 3.63) is 157 Å². The van der Waals surface area contributed by atoms with Gasteiger partial charge in [0.05, 0.1) is 34.1 Å². The second-order valence-corrected chi connectivity index (χ2v) is 12.9. The Morgan fingerprint density at radius 3 is 2.26 bits per heavy atom. The number of hydrogen-bond donors (Lipinski definition) is 0. The largest absolute Gasteiger partial charge is 0.463 e. The normalized spacial score (nSPS) is 14.7. The summed E-state index contributed by atoms with van der Waals surface area (Å²) in [5.74, 6) is -0.310. The molecule has 1 aliphatic rings. The van der Waals surface area contributed by atoms with E-state index < -0.39 is 29.4 Å². The van der Waals surface area contributed by atoms with Gasteiger partial charge in [-0.2, -0.15) is 13.2 Å². The predicted octanol–water partition coefficient (Wildman–Crippen LogP) is 7.16. The molecule has 50 heavy (non-hydrogen) atoms. The Kier molecular flexibility index (Phi) is 9.08. The third-order valence-electron chi connectivity index (χ3n) is 7.62. The van der Waals surface area contributed by atoms with E-state index >= 15 is 0 Å². The van der Waals surface area contributed by atoms with Crippen LogP contribution in [0.1, 0.15) is 35.5 Å². The van der Waals surface area contributed by atoms with E-state index in [1.165, 1.54) is 10.6 Å². The molecule has 1 aliphatic heterocycles. The van der Waals surface area contributed by atoms with Gasteiger partial charge in [0.2, 0.25) is 0 Å². The Bertz CT molecular complexity index is 2410. The lowest BCUT2D eigenvalue weighted by Crippen LogP contribution is -2.39. The molecule has 0 amide bonds. The zero-order chi connectivity index (χ0) is 34.8. The van der Waals surface area contributed by atoms with Crippen LogP contribution in [-0.2, 0) is 15.7 Å². The molecular weight excluding hydrogens is 686 g/mol. The topological polar surface area (TPSA) is 99.6 Å². The highest BCUT2D eigenvalue weighted by Crippen LogP contribution is 2.36. The molecule has 0 spiro atoms. The smallest absolute Gasteiger partial charge is 0.433 e. The molecule has 0 saturated carbocycles. The molecule has 0 N–H and O–H groups in total. The maximum atomic E-state index is 14.1. The summed E-state index contributed by atoms with van der Waals surface area (Å²) < 4.78 is 54.4. The van der Waals surface area contributed by atoms with Gasteiger partial charge in [0.25, 0.3) is 5.56 Å². The molecular formula is C37H25F3N4O4S2. The summed E-state index contributed by atoms with van der Waals surface area (Å²) in [6.07, 6.45) is -3.15. The van der Waals surface area contributed by atoms with Crippen LogP contribution in [0, 0.1) is 0 Å². The van der Waals surface area contributed by atoms with Gasteiger partial charge in [-0.1, -0.05) is 102 Å². The minimum absolute atomic E-state index is 0.119. The molecule has 3 aromatic carbocycles. The predicted molar refractivity (Wildman–Crippen MR) is 183 cm³/mol. The van der Waals surface area contributed by atoms with Crippen LogP contribution in [0.15, 0.2) is 139 Å². The Balaban J connectivity index is 1.30. The van der Waals surface area contributed by atoms with Crippen LogP contribution in [0.4, 0.5) is 13.2 Å². The zero-order valence-electron chi connectivity index (χ0n) is 26.1. The molecule has 6 aromatic rings. The highest BCUT2D eigenvalue weighted by atomic mass is 32.2. The number of alkyl halides is 3. The first-order chi connectivity index (χ1) is 24.2. The quantitative estimate of drug-likeness (QED) is 0.122. The summed E-state index contributed by atoms with van der Waals surface area (Å²) in [5, 5.41) is 0.0715. The van der Waals surface area contributed by atoms with E-state index in [-0.39, 0.29) is 38.4 Å². The standard InChI is InChI=1S/C37H25F3N4O4S2/c1-2-47-34(46)30-31(23-14-8-4-9-15-23)43-36-44(32(30)24-16-10-5-11-17-24)33(45)27(49-36)20-25-18-19-29(48-25)50-35-41-26(22-12-6-3-7-13-22)21-28(42-35)37(38,39)40/h3-21,32H,2H2,1H3/b27-20+/t32-/m0/s1. The van der Waals surface area contributed by atoms with Crippen LogP contribution in [0.2, 0.25) is 0 Å². The lowest BCUT2D eigenvalue weighted by atomic mass is 9.93. The van der Waals surface area contributed by atoms with Gasteiger partial charge in [0.1, 0.15) is 11.5 Å². The van der Waals surface area contributed by atoms with Gasteiger partial charge < -0.3 is 9.15 Å². The second kappa shape index (κ2) is 13.8. The Labute approximate surface area is 291 Å². The van der Waals surface area contributed by atoms with Crippen molar-refractivity contribution in [2.45, 2.75) is 29.4 Å². The molecule has 3 aromatic heterocycles. The van der Waals surface area contributed by atoms with E-state index in [9.17, 15) is 22.8 Å². The zero-order valence-corrected chi connectivity index (χ0v) is 27.8. The van der Waals surface area contributed by atoms with Gasteiger partial charge in [0.15, 0.2) is 15.1 Å². The molecule has 0 bridgehead atoms. The maximum Gasteiger partial charge on any atom is 0.433 e. The first-order valence-electron chi connectivity index (χ1n) is 15.3. The monoisotopic (exact) mass is 710 g/mol. The van der Waals surface area contributed by atoms with Crippen LogP contribution in [0.5, 0.6) is 0 Å². The fourth-order valence-corrected chi connectivity index (χ4v) is 7.17. The number of hydrogen-bond acceptors (Lipinski definition) is 9. The number of nitrogens with zero attached hydrogens (tertiary/aromatic N) is 4. The minimum Gasteiger partial charge on any atom is -0.463 e. The molecule has 250 valence electrons. The van der Waals surface area contributed by atoms with Gasteiger partial charge in [-0.05, 0) is 42.4 Å². The molecule has 7 rings (SSSR count). The summed E-state index contributed by atoms with van der Waals surface area (Å²) in [5.41, 5.74) is 1.16. The molecule has 0 fully saturated rings. The van der Waals surface area contributed by atoms with Crippen LogP contribution < -0.4 is 14.9 Å². The molecule has 1 atom stereocenters. The van der Waals surface area contributed by atoms with Crippen molar-refractivity contribution >= 4 is 40.8 Å². The van der Waals surface area contributed by atoms with Crippen LogP contribution in [-0.4, -0.2) is 27.1 Å². The van der Waals surface area contributed by atoms with E-state index in [2.05, 4.69) is 9.97 Å². The van der Waals surface area contributed by atoms with E-state index in [1.54, 1.807) is 49.4 Å². The van der Waals surface area contributed by atoms with E-state index in [4.69, 9.17) is 14.1 Å². The van der Waals surface area contributed by atoms with Gasteiger partial charge >= 0.3 is 12.1 Å². The first-order valence-corrected chi connectivity index (χ1v) is 17.0. The van der Waals surface area contributed by atoms with Crippen LogP contribution >= 0.6 is 23.1 Å². The summed E-state index contributed by atoms with van der Waals surface area (Å²) in [6, 6.07) is 30.2. The maximum absolute atomic E-state index is 14.1. The number of halogens is 3. The number of esters is 1. The molecule has 0 aliphatic carbocycles. The lowest BCUT2D eigenvalue weighted by molar-refractivity contribution is -0.141. The van der Waals surface area contributed by atoms with Crippen molar-refractivity contribution in [1.82, 2.24) is 14.5 Å². The van der Waals surface area contributed by atoms with Gasteiger partial charge in [-0.15, -0.1) is 0 Å². The summed E-state index contributed by atoms with van der Waals surface area (Å²) in [4.78, 5) is 40.9. The molecule has 0 saturated heterocycles. The number of aromatic nitrogens is 3. The highest BCUT2D eigenvalue weighted by Gasteiger charge is 2.36. The van der Waals surface area contributed by atoms with Crippen molar-refractivity contribution in [2.75, 3.05) is 6.61 Å². The van der Waals surface area contributed by atoms with Crippen molar-refractivity contribution < 1.29 is 27.1 Å². The van der Waals surface area contributed by atoms with Crippen molar-refractivity contribution in [3.8, 4) is 11.3 Å². The van der Waals surface area contributed by atoms with Gasteiger partial charge in [0, 0.05) is 17.2 Å². The third-order valence-corrected chi connectivity index (χ3v) is 9.39. The Hall–Kier alpha value is -5.53. The number of benzene rings is 3. The first kappa shape index (κ1) is 33.0. The summed E-state index contributed by atoms with van der Waals surface area (Å²) >= 11 is 1.95. The SMILES string of the molecule is CCOC(=O)C1=C(c2ccccc2)N=c2s/c(=C/c3ccc(Sc4nc(-c5ccccc5)cc(C(F)(F)F)n4)o3)c(=O)n2[C@H]1c1ccccc1. The molecule has 13 heteroatoms. The van der Waals surface area contributed by atoms with Gasteiger partial charge in [-0.25, -0.2) is 19.8 Å². The summed E-state index contributed by atoms with van der Waals surface area (Å²) in [6.45, 7) is 1.85. The number of carbonyl (C=O) groups is 1. The van der Waals surface area contributed by atoms with Gasteiger partial charge in [-0.3, -0.25) is 9.36 Å². The average molecular weight is 711 g/mol. The molecule has 4 heterocycles. The van der Waals surface area contributed by atoms with Crippen molar-refractivity contribution in [1.29, 1.82) is 0 Å².